The summed E-state index contributed by atoms with van der Waals surface area (Å²) in [5, 5.41) is 1.95. The highest BCUT2D eigenvalue weighted by atomic mass is 32.1. The number of rotatable bonds is 7. The number of allylic oxidation sites excluding steroid dienone is 3. The molecule has 3 heterocycles. The highest BCUT2D eigenvalue weighted by molar-refractivity contribution is 7.12. The monoisotopic (exact) mass is 489 g/mol. The molecule has 0 saturated carbocycles. The summed E-state index contributed by atoms with van der Waals surface area (Å²) in [6.07, 6.45) is 6.02. The van der Waals surface area contributed by atoms with Crippen LogP contribution in [0.2, 0.25) is 0 Å². The van der Waals surface area contributed by atoms with Crippen LogP contribution in [0.5, 0.6) is 0 Å². The number of esters is 1. The molecule has 182 valence electrons. The van der Waals surface area contributed by atoms with Gasteiger partial charge in [-0.1, -0.05) is 18.2 Å². The van der Waals surface area contributed by atoms with Crippen LogP contribution in [0.3, 0.4) is 0 Å². The van der Waals surface area contributed by atoms with E-state index >= 15 is 0 Å². The summed E-state index contributed by atoms with van der Waals surface area (Å²) in [4.78, 5) is 22.7. The Balaban J connectivity index is 1.48. The van der Waals surface area contributed by atoms with E-state index in [1.54, 1.807) is 0 Å². The predicted molar refractivity (Wildman–Crippen MR) is 142 cm³/mol. The van der Waals surface area contributed by atoms with Crippen molar-refractivity contribution in [3.63, 3.8) is 0 Å². The summed E-state index contributed by atoms with van der Waals surface area (Å²) in [6.45, 7) is 9.46. The predicted octanol–water partition coefficient (Wildman–Crippen LogP) is 5.25. The summed E-state index contributed by atoms with van der Waals surface area (Å²) in [5.74, 6) is 0.0125. The van der Waals surface area contributed by atoms with Gasteiger partial charge in [0.2, 0.25) is 5.90 Å². The smallest absolute Gasteiger partial charge is 0.363 e. The van der Waals surface area contributed by atoms with Gasteiger partial charge in [-0.15, -0.1) is 11.3 Å². The summed E-state index contributed by atoms with van der Waals surface area (Å²) in [7, 11) is 0. The number of thiophene rings is 1. The molecule has 3 aliphatic rings. The van der Waals surface area contributed by atoms with Crippen LogP contribution in [-0.4, -0.2) is 56.2 Å². The number of nitrogens with zero attached hydrogens (tertiary/aromatic N) is 3. The second-order valence-electron chi connectivity index (χ2n) is 8.72. The second kappa shape index (κ2) is 10.6. The highest BCUT2D eigenvalue weighted by Crippen LogP contribution is 2.37. The molecule has 1 fully saturated rings. The average molecular weight is 490 g/mol. The average Bonchev–Trinajstić information content (AvgIpc) is 3.63. The Kier molecular flexibility index (Phi) is 7.16. The molecule has 2 aromatic rings. The number of cyclic esters (lactones) is 1. The summed E-state index contributed by atoms with van der Waals surface area (Å²) in [6, 6.07) is 12.6. The number of ether oxygens (including phenoxy) is 2. The van der Waals surface area contributed by atoms with Crippen LogP contribution in [0.4, 0.5) is 5.69 Å². The first-order valence-corrected chi connectivity index (χ1v) is 13.2. The molecule has 0 N–H and O–H groups in total. The van der Waals surface area contributed by atoms with Gasteiger partial charge in [-0.25, -0.2) is 9.79 Å². The van der Waals surface area contributed by atoms with Crippen molar-refractivity contribution in [1.82, 2.24) is 4.90 Å². The van der Waals surface area contributed by atoms with E-state index in [-0.39, 0.29) is 5.97 Å². The first kappa shape index (κ1) is 23.6. The lowest BCUT2D eigenvalue weighted by Gasteiger charge is -2.31. The lowest BCUT2D eigenvalue weighted by Crippen LogP contribution is -2.36. The largest absolute Gasteiger partial charge is 0.401 e. The SMILES string of the molecule is CCN(CC)c1ccc(/C=C2\CCC(/C=C3\N=C(c4cccs4)OC3=O)=C2N2CCOCC2)cc1. The molecule has 1 saturated heterocycles. The Morgan fingerprint density at radius 2 is 1.83 bits per heavy atom. The fraction of sp³-hybridized carbons (Fsp3) is 0.357. The van der Waals surface area contributed by atoms with Crippen LogP contribution in [0.15, 0.2) is 75.4 Å². The van der Waals surface area contributed by atoms with Gasteiger partial charge in [-0.2, -0.15) is 0 Å². The first-order valence-electron chi connectivity index (χ1n) is 12.3. The minimum Gasteiger partial charge on any atom is -0.401 e. The van der Waals surface area contributed by atoms with Gasteiger partial charge in [-0.3, -0.25) is 0 Å². The molecule has 5 rings (SSSR count). The van der Waals surface area contributed by atoms with E-state index < -0.39 is 0 Å². The summed E-state index contributed by atoms with van der Waals surface area (Å²) >= 11 is 1.52. The normalized spacial score (nSPS) is 20.7. The first-order chi connectivity index (χ1) is 17.2. The zero-order valence-corrected chi connectivity index (χ0v) is 21.1. The maximum atomic E-state index is 12.6. The molecule has 35 heavy (non-hydrogen) atoms. The van der Waals surface area contributed by atoms with E-state index in [9.17, 15) is 4.79 Å². The quantitative estimate of drug-likeness (QED) is 0.393. The number of carbonyl (C=O) groups excluding carboxylic acids is 1. The standard InChI is InChI=1S/C28H31N3O3S/c1-3-30(4-2)23-11-7-20(8-12-23)18-21-9-10-22(26(21)31-13-15-33-16-14-31)19-24-28(32)34-27(29-24)25-6-5-17-35-25/h5-8,11-12,17-19H,3-4,9-10,13-16H2,1-2H3/b21-18+,24-19-. The maximum absolute atomic E-state index is 12.6. The zero-order chi connectivity index (χ0) is 24.2. The van der Waals surface area contributed by atoms with Crippen molar-refractivity contribution in [1.29, 1.82) is 0 Å². The number of hydrogen-bond acceptors (Lipinski definition) is 7. The second-order valence-corrected chi connectivity index (χ2v) is 9.67. The number of morpholine rings is 1. The Labute approximate surface area is 210 Å². The third kappa shape index (κ3) is 5.11. The molecule has 0 spiro atoms. The van der Waals surface area contributed by atoms with E-state index in [4.69, 9.17) is 9.47 Å². The number of hydrogen-bond donors (Lipinski definition) is 0. The molecule has 0 radical (unpaired) electrons. The Bertz CT molecular complexity index is 1180. The molecule has 7 heteroatoms. The maximum Gasteiger partial charge on any atom is 0.363 e. The van der Waals surface area contributed by atoms with Crippen LogP contribution < -0.4 is 4.90 Å². The fourth-order valence-corrected chi connectivity index (χ4v) is 5.49. The zero-order valence-electron chi connectivity index (χ0n) is 20.3. The number of aliphatic imine (C=N–C) groups is 1. The van der Waals surface area contributed by atoms with E-state index in [1.807, 2.05) is 23.6 Å². The van der Waals surface area contributed by atoms with Crippen LogP contribution in [-0.2, 0) is 14.3 Å². The van der Waals surface area contributed by atoms with Crippen molar-refractivity contribution in [2.75, 3.05) is 44.3 Å². The molecule has 2 aliphatic heterocycles. The molecule has 0 bridgehead atoms. The van der Waals surface area contributed by atoms with Gasteiger partial charge < -0.3 is 19.3 Å². The van der Waals surface area contributed by atoms with Crippen molar-refractivity contribution in [2.24, 2.45) is 4.99 Å². The van der Waals surface area contributed by atoms with Crippen LogP contribution in [0, 0.1) is 0 Å². The lowest BCUT2D eigenvalue weighted by molar-refractivity contribution is -0.130. The van der Waals surface area contributed by atoms with E-state index in [0.717, 1.165) is 49.5 Å². The van der Waals surface area contributed by atoms with E-state index in [2.05, 4.69) is 59.0 Å². The van der Waals surface area contributed by atoms with E-state index in [0.29, 0.717) is 24.8 Å². The third-order valence-corrected chi connectivity index (χ3v) is 7.48. The van der Waals surface area contributed by atoms with Crippen molar-refractivity contribution >= 4 is 35.0 Å². The van der Waals surface area contributed by atoms with Gasteiger partial charge in [0.05, 0.1) is 18.1 Å². The van der Waals surface area contributed by atoms with Crippen molar-refractivity contribution < 1.29 is 14.3 Å². The Morgan fingerprint density at radius 3 is 2.51 bits per heavy atom. The molecule has 0 atom stereocenters. The topological polar surface area (TPSA) is 54.4 Å². The number of benzene rings is 1. The summed E-state index contributed by atoms with van der Waals surface area (Å²) < 4.78 is 11.1. The molecule has 1 aliphatic carbocycles. The van der Waals surface area contributed by atoms with Gasteiger partial charge >= 0.3 is 5.97 Å². The van der Waals surface area contributed by atoms with Crippen LogP contribution in [0.25, 0.3) is 6.08 Å². The van der Waals surface area contributed by atoms with Crippen LogP contribution >= 0.6 is 11.3 Å². The third-order valence-electron chi connectivity index (χ3n) is 6.63. The lowest BCUT2D eigenvalue weighted by atomic mass is 10.1. The van der Waals surface area contributed by atoms with Gasteiger partial charge in [0.15, 0.2) is 5.70 Å². The molecular weight excluding hydrogens is 458 g/mol. The molecule has 1 aromatic carbocycles. The Hall–Kier alpha value is -3.16. The minimum absolute atomic E-state index is 0.374. The van der Waals surface area contributed by atoms with Crippen molar-refractivity contribution in [3.8, 4) is 0 Å². The van der Waals surface area contributed by atoms with Crippen molar-refractivity contribution in [3.05, 3.63) is 80.8 Å². The molecule has 1 aromatic heterocycles. The summed E-state index contributed by atoms with van der Waals surface area (Å²) in [5.41, 5.74) is 6.45. The van der Waals surface area contributed by atoms with Gasteiger partial charge in [0.1, 0.15) is 0 Å². The van der Waals surface area contributed by atoms with Gasteiger partial charge in [0.25, 0.3) is 0 Å². The Morgan fingerprint density at radius 1 is 1.06 bits per heavy atom. The molecule has 0 amide bonds. The van der Waals surface area contributed by atoms with Crippen LogP contribution in [0.1, 0.15) is 37.1 Å². The number of carbonyl (C=O) groups is 1. The van der Waals surface area contributed by atoms with Crippen molar-refractivity contribution in [2.45, 2.75) is 26.7 Å². The molecule has 6 nitrogen and oxygen atoms in total. The molecular formula is C28H31N3O3S. The van der Waals surface area contributed by atoms with Gasteiger partial charge in [0, 0.05) is 37.6 Å². The minimum atomic E-state index is -0.383. The molecule has 0 unspecified atom stereocenters. The fourth-order valence-electron chi connectivity index (χ4n) is 4.84. The number of anilines is 1. The highest BCUT2D eigenvalue weighted by Gasteiger charge is 2.29. The van der Waals surface area contributed by atoms with Gasteiger partial charge in [-0.05, 0) is 79.1 Å². The van der Waals surface area contributed by atoms with E-state index in [1.165, 1.54) is 33.9 Å².